The Balaban J connectivity index is 3.15. The lowest BCUT2D eigenvalue weighted by atomic mass is 10.2. The van der Waals surface area contributed by atoms with Crippen molar-refractivity contribution < 1.29 is 22.9 Å². The van der Waals surface area contributed by atoms with Crippen LogP contribution < -0.4 is 4.72 Å². The van der Waals surface area contributed by atoms with Crippen molar-refractivity contribution in [3.63, 3.8) is 0 Å². The maximum absolute atomic E-state index is 12.3. The van der Waals surface area contributed by atoms with Crippen molar-refractivity contribution >= 4 is 21.7 Å². The lowest BCUT2D eigenvalue weighted by molar-refractivity contribution is -0.387. The zero-order valence-electron chi connectivity index (χ0n) is 11.9. The molecule has 8 nitrogen and oxygen atoms in total. The highest BCUT2D eigenvalue weighted by molar-refractivity contribution is 7.89. The Morgan fingerprint density at radius 3 is 2.68 bits per heavy atom. The molecule has 9 heteroatoms. The van der Waals surface area contributed by atoms with E-state index >= 15 is 0 Å². The number of para-hydroxylation sites is 1. The molecule has 0 bridgehead atoms. The van der Waals surface area contributed by atoms with Gasteiger partial charge in [0.15, 0.2) is 4.90 Å². The van der Waals surface area contributed by atoms with Gasteiger partial charge in [-0.05, 0) is 19.4 Å². The molecule has 0 heterocycles. The molecule has 0 spiro atoms. The number of rotatable bonds is 8. The Kier molecular flexibility index (Phi) is 6.20. The van der Waals surface area contributed by atoms with Crippen molar-refractivity contribution in [1.29, 1.82) is 0 Å². The summed E-state index contributed by atoms with van der Waals surface area (Å²) in [6, 6.07) is 3.68. The molecule has 0 aromatic heterocycles. The fraction of sp³-hybridized carbons (Fsp3) is 0.308. The van der Waals surface area contributed by atoms with Gasteiger partial charge in [0.2, 0.25) is 10.0 Å². The molecule has 1 aromatic rings. The predicted molar refractivity (Wildman–Crippen MR) is 78.7 cm³/mol. The summed E-state index contributed by atoms with van der Waals surface area (Å²) in [6.07, 6.45) is 1.35. The van der Waals surface area contributed by atoms with Gasteiger partial charge in [-0.25, -0.2) is 8.42 Å². The van der Waals surface area contributed by atoms with Crippen molar-refractivity contribution in [2.24, 2.45) is 0 Å². The van der Waals surface area contributed by atoms with Crippen LogP contribution in [0.2, 0.25) is 0 Å². The Labute approximate surface area is 128 Å². The first-order valence-electron chi connectivity index (χ1n) is 6.36. The van der Waals surface area contributed by atoms with Crippen molar-refractivity contribution in [2.75, 3.05) is 6.61 Å². The van der Waals surface area contributed by atoms with Crippen molar-refractivity contribution in [3.8, 4) is 0 Å². The number of hydrogen-bond acceptors (Lipinski definition) is 6. The van der Waals surface area contributed by atoms with E-state index in [1.54, 1.807) is 6.92 Å². The molecular weight excluding hydrogens is 312 g/mol. The third kappa shape index (κ3) is 4.37. The van der Waals surface area contributed by atoms with Crippen LogP contribution in [0.3, 0.4) is 0 Å². The van der Waals surface area contributed by atoms with Crippen LogP contribution in [0.1, 0.15) is 13.3 Å². The highest BCUT2D eigenvalue weighted by Crippen LogP contribution is 2.23. The van der Waals surface area contributed by atoms with E-state index in [-0.39, 0.29) is 13.0 Å². The maximum atomic E-state index is 12.3. The Bertz CT molecular complexity index is 671. The number of nitrogens with one attached hydrogen (secondary N) is 1. The standard InChI is InChI=1S/C13H16N2O6S/c1-3-7-10(13(16)21-4-2)14-22(19,20)12-9-6-5-8-11(12)15(17)18/h3,5-6,8-10,14H,1,4,7H2,2H3. The molecule has 0 radical (unpaired) electrons. The van der Waals surface area contributed by atoms with Gasteiger partial charge in [-0.1, -0.05) is 18.2 Å². The van der Waals surface area contributed by atoms with E-state index < -0.39 is 37.5 Å². The van der Waals surface area contributed by atoms with E-state index in [4.69, 9.17) is 4.74 Å². The van der Waals surface area contributed by atoms with Gasteiger partial charge in [0.1, 0.15) is 6.04 Å². The molecule has 0 aliphatic heterocycles. The molecule has 0 saturated heterocycles. The lowest BCUT2D eigenvalue weighted by Gasteiger charge is -2.15. The number of nitro benzene ring substituents is 1. The summed E-state index contributed by atoms with van der Waals surface area (Å²) in [7, 11) is -4.26. The number of benzene rings is 1. The smallest absolute Gasteiger partial charge is 0.324 e. The SMILES string of the molecule is C=CCC(NS(=O)(=O)c1ccccc1[N+](=O)[O-])C(=O)OCC. The molecule has 0 aliphatic carbocycles. The van der Waals surface area contributed by atoms with Crippen molar-refractivity contribution in [2.45, 2.75) is 24.3 Å². The zero-order valence-corrected chi connectivity index (χ0v) is 12.7. The van der Waals surface area contributed by atoms with E-state index in [0.717, 1.165) is 12.1 Å². The molecular formula is C13H16N2O6S. The Morgan fingerprint density at radius 1 is 1.50 bits per heavy atom. The van der Waals surface area contributed by atoms with Crippen LogP contribution in [0, 0.1) is 10.1 Å². The summed E-state index contributed by atoms with van der Waals surface area (Å²) in [4.78, 5) is 21.3. The average Bonchev–Trinajstić information content (AvgIpc) is 2.47. The minimum Gasteiger partial charge on any atom is -0.465 e. The fourth-order valence-electron chi connectivity index (χ4n) is 1.69. The molecule has 1 aromatic carbocycles. The van der Waals surface area contributed by atoms with Crippen molar-refractivity contribution in [1.82, 2.24) is 4.72 Å². The van der Waals surface area contributed by atoms with Crippen LogP contribution in [0.15, 0.2) is 41.8 Å². The number of ether oxygens (including phenoxy) is 1. The number of esters is 1. The van der Waals surface area contributed by atoms with Crippen LogP contribution >= 0.6 is 0 Å². The maximum Gasteiger partial charge on any atom is 0.324 e. The van der Waals surface area contributed by atoms with Gasteiger partial charge in [-0.2, -0.15) is 4.72 Å². The van der Waals surface area contributed by atoms with Gasteiger partial charge in [0, 0.05) is 6.07 Å². The Morgan fingerprint density at radius 2 is 2.14 bits per heavy atom. The van der Waals surface area contributed by atoms with E-state index in [2.05, 4.69) is 11.3 Å². The summed E-state index contributed by atoms with van der Waals surface area (Å²) in [5, 5.41) is 10.9. The molecule has 1 unspecified atom stereocenters. The average molecular weight is 328 g/mol. The predicted octanol–water partition coefficient (Wildman–Crippen LogP) is 1.38. The molecule has 22 heavy (non-hydrogen) atoms. The van der Waals surface area contributed by atoms with Gasteiger partial charge < -0.3 is 4.74 Å². The van der Waals surface area contributed by atoms with E-state index in [0.29, 0.717) is 0 Å². The number of hydrogen-bond donors (Lipinski definition) is 1. The number of carbonyl (C=O) groups is 1. The van der Waals surface area contributed by atoms with Gasteiger partial charge in [-0.15, -0.1) is 6.58 Å². The molecule has 120 valence electrons. The molecule has 0 saturated carbocycles. The quantitative estimate of drug-likeness (QED) is 0.333. The van der Waals surface area contributed by atoms with Gasteiger partial charge in [0.05, 0.1) is 11.5 Å². The molecule has 0 amide bonds. The zero-order chi connectivity index (χ0) is 16.8. The first-order valence-corrected chi connectivity index (χ1v) is 7.85. The lowest BCUT2D eigenvalue weighted by Crippen LogP contribution is -2.41. The van der Waals surface area contributed by atoms with Crippen LogP contribution in [-0.2, 0) is 19.6 Å². The Hall–Kier alpha value is -2.26. The van der Waals surface area contributed by atoms with E-state index in [1.807, 2.05) is 0 Å². The van der Waals surface area contributed by atoms with E-state index in [9.17, 15) is 23.3 Å². The second-order valence-electron chi connectivity index (χ2n) is 4.18. The number of nitro groups is 1. The van der Waals surface area contributed by atoms with Crippen molar-refractivity contribution in [3.05, 3.63) is 47.0 Å². The first-order chi connectivity index (χ1) is 10.3. The summed E-state index contributed by atoms with van der Waals surface area (Å²) < 4.78 is 31.5. The number of carbonyl (C=O) groups excluding carboxylic acids is 1. The van der Waals surface area contributed by atoms with Crippen LogP contribution in [-0.4, -0.2) is 32.0 Å². The van der Waals surface area contributed by atoms with Gasteiger partial charge in [0.25, 0.3) is 5.69 Å². The minimum atomic E-state index is -4.26. The summed E-state index contributed by atoms with van der Waals surface area (Å²) in [6.45, 7) is 5.11. The fourth-order valence-corrected chi connectivity index (χ4v) is 3.06. The molecule has 0 aliphatic rings. The minimum absolute atomic E-state index is 0.00130. The molecule has 1 atom stereocenters. The second kappa shape index (κ2) is 7.66. The van der Waals surface area contributed by atoms with E-state index in [1.165, 1.54) is 18.2 Å². The number of sulfonamides is 1. The number of nitrogens with zero attached hydrogens (tertiary/aromatic N) is 1. The molecule has 1 rings (SSSR count). The molecule has 0 fully saturated rings. The van der Waals surface area contributed by atoms with Crippen LogP contribution in [0.5, 0.6) is 0 Å². The molecule has 1 N–H and O–H groups in total. The summed E-state index contributed by atoms with van der Waals surface area (Å²) in [5.41, 5.74) is -0.573. The largest absolute Gasteiger partial charge is 0.465 e. The normalized spacial score (nSPS) is 12.4. The summed E-state index contributed by atoms with van der Waals surface area (Å²) in [5.74, 6) is -0.774. The summed E-state index contributed by atoms with van der Waals surface area (Å²) >= 11 is 0. The van der Waals surface area contributed by atoms with Gasteiger partial charge >= 0.3 is 5.97 Å². The third-order valence-electron chi connectivity index (χ3n) is 2.62. The monoisotopic (exact) mass is 328 g/mol. The van der Waals surface area contributed by atoms with Gasteiger partial charge in [-0.3, -0.25) is 14.9 Å². The highest BCUT2D eigenvalue weighted by Gasteiger charge is 2.30. The van der Waals surface area contributed by atoms with Crippen LogP contribution in [0.4, 0.5) is 5.69 Å². The highest BCUT2D eigenvalue weighted by atomic mass is 32.2. The first kappa shape index (κ1) is 17.8. The topological polar surface area (TPSA) is 116 Å². The van der Waals surface area contributed by atoms with Crippen LogP contribution in [0.25, 0.3) is 0 Å². The third-order valence-corrected chi connectivity index (χ3v) is 4.14. The second-order valence-corrected chi connectivity index (χ2v) is 5.86.